The van der Waals surface area contributed by atoms with Crippen molar-refractivity contribution in [3.8, 4) is 5.75 Å². The predicted molar refractivity (Wildman–Crippen MR) is 72.0 cm³/mol. The summed E-state index contributed by atoms with van der Waals surface area (Å²) in [7, 11) is 1.30. The van der Waals surface area contributed by atoms with Gasteiger partial charge in [-0.2, -0.15) is 0 Å². The fourth-order valence-electron chi connectivity index (χ4n) is 1.79. The SMILES string of the molecule is COC(=O)C(CCCCOc1ccccc1)C(C)=O. The average molecular weight is 264 g/mol. The zero-order chi connectivity index (χ0) is 14.1. The highest BCUT2D eigenvalue weighted by molar-refractivity contribution is 5.97. The third-order valence-corrected chi connectivity index (χ3v) is 2.88. The summed E-state index contributed by atoms with van der Waals surface area (Å²) in [5, 5.41) is 0. The molecule has 0 saturated carbocycles. The number of Topliss-reactive ketones (excluding diaryl/α,β-unsaturated/α-hetero) is 1. The minimum absolute atomic E-state index is 0.143. The van der Waals surface area contributed by atoms with Crippen molar-refractivity contribution < 1.29 is 19.1 Å². The van der Waals surface area contributed by atoms with E-state index in [2.05, 4.69) is 4.74 Å². The van der Waals surface area contributed by atoms with Gasteiger partial charge in [0.2, 0.25) is 0 Å². The van der Waals surface area contributed by atoms with E-state index >= 15 is 0 Å². The highest BCUT2D eigenvalue weighted by atomic mass is 16.5. The molecular formula is C15H20O4. The Balaban J connectivity index is 2.22. The van der Waals surface area contributed by atoms with E-state index in [1.54, 1.807) is 0 Å². The number of benzene rings is 1. The van der Waals surface area contributed by atoms with E-state index in [4.69, 9.17) is 4.74 Å². The number of ketones is 1. The van der Waals surface area contributed by atoms with Crippen LogP contribution in [0.2, 0.25) is 0 Å². The smallest absolute Gasteiger partial charge is 0.316 e. The van der Waals surface area contributed by atoms with Crippen LogP contribution in [-0.4, -0.2) is 25.5 Å². The number of ether oxygens (including phenoxy) is 2. The first kappa shape index (κ1) is 15.2. The molecule has 4 nitrogen and oxygen atoms in total. The Morgan fingerprint density at radius 2 is 1.84 bits per heavy atom. The van der Waals surface area contributed by atoms with Crippen LogP contribution in [0.25, 0.3) is 0 Å². The van der Waals surface area contributed by atoms with Crippen LogP contribution >= 0.6 is 0 Å². The fraction of sp³-hybridized carbons (Fsp3) is 0.467. The third-order valence-electron chi connectivity index (χ3n) is 2.88. The van der Waals surface area contributed by atoms with Gasteiger partial charge in [0.15, 0.2) is 0 Å². The summed E-state index contributed by atoms with van der Waals surface area (Å²) in [6.07, 6.45) is 2.07. The molecule has 0 amide bonds. The zero-order valence-corrected chi connectivity index (χ0v) is 11.4. The van der Waals surface area contributed by atoms with Crippen LogP contribution in [0.3, 0.4) is 0 Å². The molecule has 1 aromatic carbocycles. The predicted octanol–water partition coefficient (Wildman–Crippen LogP) is 2.61. The van der Waals surface area contributed by atoms with Crippen LogP contribution in [0.4, 0.5) is 0 Å². The largest absolute Gasteiger partial charge is 0.494 e. The van der Waals surface area contributed by atoms with Crippen molar-refractivity contribution in [2.75, 3.05) is 13.7 Å². The summed E-state index contributed by atoms with van der Waals surface area (Å²) >= 11 is 0. The molecule has 1 rings (SSSR count). The van der Waals surface area contributed by atoms with E-state index in [9.17, 15) is 9.59 Å². The molecule has 0 aliphatic carbocycles. The first-order valence-corrected chi connectivity index (χ1v) is 6.41. The van der Waals surface area contributed by atoms with Gasteiger partial charge in [0, 0.05) is 0 Å². The molecule has 1 unspecified atom stereocenters. The van der Waals surface area contributed by atoms with E-state index in [0.717, 1.165) is 18.6 Å². The molecule has 1 atom stereocenters. The molecule has 0 saturated heterocycles. The number of carbonyl (C=O) groups is 2. The average Bonchev–Trinajstić information content (AvgIpc) is 2.42. The quantitative estimate of drug-likeness (QED) is 0.411. The molecule has 104 valence electrons. The summed E-state index contributed by atoms with van der Waals surface area (Å²) in [5.74, 6) is -0.396. The second-order valence-corrected chi connectivity index (χ2v) is 4.34. The van der Waals surface area contributed by atoms with E-state index in [0.29, 0.717) is 13.0 Å². The minimum atomic E-state index is -0.637. The van der Waals surface area contributed by atoms with Crippen molar-refractivity contribution in [1.29, 1.82) is 0 Å². The molecule has 0 aliphatic rings. The standard InChI is InChI=1S/C15H20O4/c1-12(16)14(15(17)18-2)10-6-7-11-19-13-8-4-3-5-9-13/h3-5,8-9,14H,6-7,10-11H2,1-2H3. The van der Waals surface area contributed by atoms with Crippen molar-refractivity contribution in [1.82, 2.24) is 0 Å². The summed E-state index contributed by atoms with van der Waals surface area (Å²) < 4.78 is 10.1. The number of hydrogen-bond acceptors (Lipinski definition) is 4. The Morgan fingerprint density at radius 3 is 2.42 bits per heavy atom. The molecule has 0 bridgehead atoms. The first-order valence-electron chi connectivity index (χ1n) is 6.41. The summed E-state index contributed by atoms with van der Waals surface area (Å²) in [4.78, 5) is 22.7. The van der Waals surface area contributed by atoms with Gasteiger partial charge in [0.1, 0.15) is 17.5 Å². The topological polar surface area (TPSA) is 52.6 Å². The number of carbonyl (C=O) groups excluding carboxylic acids is 2. The number of methoxy groups -OCH3 is 1. The Morgan fingerprint density at radius 1 is 1.16 bits per heavy atom. The Kier molecular flexibility index (Phi) is 6.64. The van der Waals surface area contributed by atoms with Crippen molar-refractivity contribution in [3.05, 3.63) is 30.3 Å². The van der Waals surface area contributed by atoms with Crippen molar-refractivity contribution in [2.45, 2.75) is 26.2 Å². The lowest BCUT2D eigenvalue weighted by atomic mass is 9.98. The van der Waals surface area contributed by atoms with Gasteiger partial charge in [-0.1, -0.05) is 18.2 Å². The summed E-state index contributed by atoms with van der Waals surface area (Å²) in [6, 6.07) is 9.55. The van der Waals surface area contributed by atoms with Crippen LogP contribution < -0.4 is 4.74 Å². The molecular weight excluding hydrogens is 244 g/mol. The molecule has 19 heavy (non-hydrogen) atoms. The minimum Gasteiger partial charge on any atom is -0.494 e. The van der Waals surface area contributed by atoms with Gasteiger partial charge in [-0.05, 0) is 38.3 Å². The van der Waals surface area contributed by atoms with Crippen molar-refractivity contribution in [3.63, 3.8) is 0 Å². The van der Waals surface area contributed by atoms with Gasteiger partial charge in [-0.15, -0.1) is 0 Å². The highest BCUT2D eigenvalue weighted by Crippen LogP contribution is 2.13. The number of esters is 1. The maximum Gasteiger partial charge on any atom is 0.316 e. The zero-order valence-electron chi connectivity index (χ0n) is 11.4. The molecule has 1 aromatic rings. The van der Waals surface area contributed by atoms with E-state index in [-0.39, 0.29) is 5.78 Å². The van der Waals surface area contributed by atoms with E-state index in [1.165, 1.54) is 14.0 Å². The molecule has 0 radical (unpaired) electrons. The van der Waals surface area contributed by atoms with Crippen LogP contribution in [0.5, 0.6) is 5.75 Å². The normalized spacial score (nSPS) is 11.7. The molecule has 0 aromatic heterocycles. The monoisotopic (exact) mass is 264 g/mol. The van der Waals surface area contributed by atoms with Gasteiger partial charge in [0.25, 0.3) is 0 Å². The number of rotatable bonds is 8. The molecule has 0 N–H and O–H groups in total. The second-order valence-electron chi connectivity index (χ2n) is 4.34. The van der Waals surface area contributed by atoms with E-state index in [1.807, 2.05) is 30.3 Å². The van der Waals surface area contributed by atoms with Gasteiger partial charge in [-0.25, -0.2) is 0 Å². The van der Waals surface area contributed by atoms with Crippen molar-refractivity contribution >= 4 is 11.8 Å². The third kappa shape index (κ3) is 5.55. The maximum absolute atomic E-state index is 11.4. The number of hydrogen-bond donors (Lipinski definition) is 0. The Hall–Kier alpha value is -1.84. The molecule has 0 fully saturated rings. The Bertz CT molecular complexity index is 400. The van der Waals surface area contributed by atoms with E-state index < -0.39 is 11.9 Å². The maximum atomic E-state index is 11.4. The molecule has 4 heteroatoms. The Labute approximate surface area is 113 Å². The van der Waals surface area contributed by atoms with Gasteiger partial charge in [-0.3, -0.25) is 9.59 Å². The molecule has 0 spiro atoms. The lowest BCUT2D eigenvalue weighted by Crippen LogP contribution is -2.23. The number of unbranched alkanes of at least 4 members (excludes halogenated alkanes) is 1. The van der Waals surface area contributed by atoms with Crippen LogP contribution in [0.1, 0.15) is 26.2 Å². The molecule has 0 heterocycles. The van der Waals surface area contributed by atoms with Crippen LogP contribution in [-0.2, 0) is 14.3 Å². The van der Waals surface area contributed by atoms with Gasteiger partial charge in [0.05, 0.1) is 13.7 Å². The second kappa shape index (κ2) is 8.29. The van der Waals surface area contributed by atoms with Gasteiger partial charge >= 0.3 is 5.97 Å². The lowest BCUT2D eigenvalue weighted by Gasteiger charge is -2.11. The summed E-state index contributed by atoms with van der Waals surface area (Å²) in [6.45, 7) is 2.00. The number of para-hydroxylation sites is 1. The van der Waals surface area contributed by atoms with Gasteiger partial charge < -0.3 is 9.47 Å². The highest BCUT2D eigenvalue weighted by Gasteiger charge is 2.23. The lowest BCUT2D eigenvalue weighted by molar-refractivity contribution is -0.149. The van der Waals surface area contributed by atoms with Crippen molar-refractivity contribution in [2.24, 2.45) is 5.92 Å². The molecule has 0 aliphatic heterocycles. The van der Waals surface area contributed by atoms with Crippen LogP contribution in [0.15, 0.2) is 30.3 Å². The fourth-order valence-corrected chi connectivity index (χ4v) is 1.79. The van der Waals surface area contributed by atoms with Crippen LogP contribution in [0, 0.1) is 5.92 Å². The summed E-state index contributed by atoms with van der Waals surface area (Å²) in [5.41, 5.74) is 0. The first-order chi connectivity index (χ1) is 9.15.